The average Bonchev–Trinajstić information content (AvgIpc) is 2.99. The third kappa shape index (κ3) is 4.62. The zero-order chi connectivity index (χ0) is 22.1. The lowest BCUT2D eigenvalue weighted by Crippen LogP contribution is -2.19. The van der Waals surface area contributed by atoms with Crippen molar-refractivity contribution < 1.29 is 9.90 Å². The summed E-state index contributed by atoms with van der Waals surface area (Å²) in [5.74, 6) is -0.317. The predicted octanol–water partition coefficient (Wildman–Crippen LogP) is 5.01. The van der Waals surface area contributed by atoms with Gasteiger partial charge < -0.3 is 5.11 Å². The normalized spacial score (nSPS) is 12.1. The third-order valence-corrected chi connectivity index (χ3v) is 5.29. The quantitative estimate of drug-likeness (QED) is 0.417. The molecule has 0 aliphatic heterocycles. The van der Waals surface area contributed by atoms with Crippen molar-refractivity contribution in [3.63, 3.8) is 0 Å². The topological polar surface area (TPSA) is 79.5 Å². The molecule has 1 aromatic heterocycles. The van der Waals surface area contributed by atoms with Crippen molar-refractivity contribution in [1.82, 2.24) is 15.2 Å². The number of hydrogen-bond donors (Lipinski definition) is 2. The van der Waals surface area contributed by atoms with Crippen LogP contribution in [0.15, 0.2) is 58.1 Å². The molecule has 1 amide bonds. The molecule has 0 fully saturated rings. The number of carbonyl (C=O) groups is 1. The van der Waals surface area contributed by atoms with Crippen LogP contribution in [0, 0.1) is 0 Å². The number of hydrazone groups is 1. The molecule has 2 aromatic carbocycles. The van der Waals surface area contributed by atoms with E-state index in [2.05, 4.69) is 64.5 Å². The van der Waals surface area contributed by atoms with Crippen molar-refractivity contribution in [2.75, 3.05) is 0 Å². The van der Waals surface area contributed by atoms with Crippen LogP contribution < -0.4 is 5.43 Å². The van der Waals surface area contributed by atoms with E-state index >= 15 is 0 Å². The molecule has 3 rings (SSSR count). The van der Waals surface area contributed by atoms with Gasteiger partial charge in [0.05, 0.1) is 5.71 Å². The van der Waals surface area contributed by atoms with Crippen LogP contribution in [0.25, 0.3) is 11.3 Å². The van der Waals surface area contributed by atoms with Gasteiger partial charge in [0.1, 0.15) is 5.69 Å². The molecule has 1 heterocycles. The van der Waals surface area contributed by atoms with E-state index in [-0.39, 0.29) is 17.1 Å². The first-order chi connectivity index (χ1) is 14.1. The molecule has 0 unspecified atom stereocenters. The second-order valence-electron chi connectivity index (χ2n) is 8.15. The Balaban J connectivity index is 1.85. The van der Waals surface area contributed by atoms with Crippen molar-refractivity contribution in [1.29, 1.82) is 0 Å². The number of nitrogens with zero attached hydrogens (tertiary/aromatic N) is 3. The first-order valence-electron chi connectivity index (χ1n) is 9.55. The summed E-state index contributed by atoms with van der Waals surface area (Å²) in [7, 11) is 1.77. The van der Waals surface area contributed by atoms with E-state index in [9.17, 15) is 9.90 Å². The lowest BCUT2D eigenvalue weighted by Gasteiger charge is -2.19. The molecule has 30 heavy (non-hydrogen) atoms. The van der Waals surface area contributed by atoms with Gasteiger partial charge in [0.15, 0.2) is 11.4 Å². The number of carbonyl (C=O) groups excluding carboxylic acids is 1. The molecule has 0 atom stereocenters. The van der Waals surface area contributed by atoms with Crippen LogP contribution in [0.3, 0.4) is 0 Å². The molecule has 0 bridgehead atoms. The number of aromatic nitrogens is 2. The Hall–Kier alpha value is -2.93. The molecule has 156 valence electrons. The number of benzene rings is 2. The fraction of sp³-hybridized carbons (Fsp3) is 0.261. The largest absolute Gasteiger partial charge is 0.504 e. The van der Waals surface area contributed by atoms with E-state index < -0.39 is 0 Å². The first kappa shape index (κ1) is 21.8. The zero-order valence-corrected chi connectivity index (χ0v) is 19.3. The molecule has 7 heteroatoms. The molecule has 0 aliphatic carbocycles. The highest BCUT2D eigenvalue weighted by Gasteiger charge is 2.20. The number of hydrogen-bond acceptors (Lipinski definition) is 4. The summed E-state index contributed by atoms with van der Waals surface area (Å²) in [6.45, 7) is 8.16. The Morgan fingerprint density at radius 1 is 1.17 bits per heavy atom. The van der Waals surface area contributed by atoms with Gasteiger partial charge in [-0.25, -0.2) is 5.43 Å². The van der Waals surface area contributed by atoms with Crippen LogP contribution in [0.2, 0.25) is 0 Å². The van der Waals surface area contributed by atoms with Crippen LogP contribution >= 0.6 is 15.9 Å². The molecule has 0 aliphatic rings. The minimum atomic E-state index is -0.343. The Morgan fingerprint density at radius 3 is 2.43 bits per heavy atom. The van der Waals surface area contributed by atoms with Gasteiger partial charge in [0.2, 0.25) is 0 Å². The Bertz CT molecular complexity index is 1110. The molecule has 0 saturated carbocycles. The third-order valence-electron chi connectivity index (χ3n) is 4.80. The van der Waals surface area contributed by atoms with Crippen molar-refractivity contribution in [3.05, 3.63) is 69.8 Å². The van der Waals surface area contributed by atoms with Gasteiger partial charge in [0, 0.05) is 22.6 Å². The van der Waals surface area contributed by atoms with Crippen molar-refractivity contribution in [2.24, 2.45) is 12.1 Å². The van der Waals surface area contributed by atoms with Crippen LogP contribution in [0.1, 0.15) is 49.3 Å². The molecule has 0 saturated heterocycles. The second kappa shape index (κ2) is 8.44. The number of nitrogens with one attached hydrogen (secondary N) is 1. The van der Waals surface area contributed by atoms with E-state index in [0.29, 0.717) is 22.7 Å². The highest BCUT2D eigenvalue weighted by atomic mass is 79.9. The Labute approximate surface area is 184 Å². The SMILES string of the molecule is C/C(=N\NC(=O)c1cccc(Br)c1)c1nn(C)c(-c2ccc(C(C)(C)C)cc2)c1O. The van der Waals surface area contributed by atoms with Crippen molar-refractivity contribution in [2.45, 2.75) is 33.1 Å². The van der Waals surface area contributed by atoms with Gasteiger partial charge in [-0.3, -0.25) is 9.48 Å². The highest BCUT2D eigenvalue weighted by molar-refractivity contribution is 9.10. The van der Waals surface area contributed by atoms with Crippen LogP contribution in [-0.4, -0.2) is 26.5 Å². The van der Waals surface area contributed by atoms with Gasteiger partial charge in [-0.05, 0) is 36.1 Å². The summed E-state index contributed by atoms with van der Waals surface area (Å²) < 4.78 is 2.42. The fourth-order valence-electron chi connectivity index (χ4n) is 3.09. The molecule has 3 aromatic rings. The zero-order valence-electron chi connectivity index (χ0n) is 17.7. The predicted molar refractivity (Wildman–Crippen MR) is 123 cm³/mol. The van der Waals surface area contributed by atoms with E-state index in [1.54, 1.807) is 36.9 Å². The summed E-state index contributed by atoms with van der Waals surface area (Å²) in [5.41, 5.74) is 6.43. The van der Waals surface area contributed by atoms with Crippen molar-refractivity contribution in [3.8, 4) is 17.0 Å². The Kier molecular flexibility index (Phi) is 6.12. The molecule has 2 N–H and O–H groups in total. The number of aryl methyl sites for hydroxylation is 1. The number of rotatable bonds is 4. The van der Waals surface area contributed by atoms with Gasteiger partial charge in [-0.2, -0.15) is 10.2 Å². The lowest BCUT2D eigenvalue weighted by molar-refractivity contribution is 0.0954. The van der Waals surface area contributed by atoms with E-state index in [0.717, 1.165) is 10.0 Å². The molecule has 0 spiro atoms. The summed E-state index contributed by atoms with van der Waals surface area (Å²) >= 11 is 3.34. The van der Waals surface area contributed by atoms with Crippen LogP contribution in [0.5, 0.6) is 5.75 Å². The molecular formula is C23H25BrN4O2. The van der Waals surface area contributed by atoms with Crippen LogP contribution in [0.4, 0.5) is 0 Å². The molecule has 0 radical (unpaired) electrons. The van der Waals surface area contributed by atoms with Crippen LogP contribution in [-0.2, 0) is 12.5 Å². The fourth-order valence-corrected chi connectivity index (χ4v) is 3.49. The van der Waals surface area contributed by atoms with Gasteiger partial charge in [-0.1, -0.05) is 67.0 Å². The van der Waals surface area contributed by atoms with Crippen molar-refractivity contribution >= 4 is 27.5 Å². The number of amides is 1. The first-order valence-corrected chi connectivity index (χ1v) is 10.3. The average molecular weight is 469 g/mol. The number of halogens is 1. The van der Waals surface area contributed by atoms with E-state index in [1.165, 1.54) is 5.56 Å². The summed E-state index contributed by atoms with van der Waals surface area (Å²) in [6, 6.07) is 15.1. The standard InChI is InChI=1S/C23H25BrN4O2/c1-14(25-26-22(30)16-7-6-8-18(24)13-16)19-21(29)20(28(5)27-19)15-9-11-17(12-10-15)23(2,3)4/h6-13,29H,1-5H3,(H,26,30)/b25-14+. The van der Waals surface area contributed by atoms with E-state index in [1.807, 2.05) is 18.2 Å². The summed E-state index contributed by atoms with van der Waals surface area (Å²) in [4.78, 5) is 12.3. The van der Waals surface area contributed by atoms with Gasteiger partial charge >= 0.3 is 0 Å². The number of aromatic hydroxyl groups is 1. The second-order valence-corrected chi connectivity index (χ2v) is 9.06. The van der Waals surface area contributed by atoms with Gasteiger partial charge in [0.25, 0.3) is 5.91 Å². The monoisotopic (exact) mass is 468 g/mol. The highest BCUT2D eigenvalue weighted by Crippen LogP contribution is 2.33. The smallest absolute Gasteiger partial charge is 0.271 e. The molecular weight excluding hydrogens is 444 g/mol. The van der Waals surface area contributed by atoms with Gasteiger partial charge in [-0.15, -0.1) is 0 Å². The molecule has 6 nitrogen and oxygen atoms in total. The maximum absolute atomic E-state index is 12.3. The maximum Gasteiger partial charge on any atom is 0.271 e. The minimum Gasteiger partial charge on any atom is -0.504 e. The minimum absolute atomic E-state index is 0.0268. The Morgan fingerprint density at radius 2 is 1.83 bits per heavy atom. The summed E-state index contributed by atoms with van der Waals surface area (Å²) in [6.07, 6.45) is 0. The maximum atomic E-state index is 12.3. The lowest BCUT2D eigenvalue weighted by atomic mass is 9.86. The summed E-state index contributed by atoms with van der Waals surface area (Å²) in [5, 5.41) is 19.3. The van der Waals surface area contributed by atoms with E-state index in [4.69, 9.17) is 0 Å².